The predicted octanol–water partition coefficient (Wildman–Crippen LogP) is 2.19. The van der Waals surface area contributed by atoms with Gasteiger partial charge in [-0.3, -0.25) is 9.69 Å². The number of piperidine rings is 1. The van der Waals surface area contributed by atoms with Crippen LogP contribution in [0.25, 0.3) is 0 Å². The lowest BCUT2D eigenvalue weighted by molar-refractivity contribution is -0.131. The number of sulfonamides is 1. The zero-order valence-corrected chi connectivity index (χ0v) is 18.0. The van der Waals surface area contributed by atoms with Gasteiger partial charge < -0.3 is 5.73 Å². The summed E-state index contributed by atoms with van der Waals surface area (Å²) in [6, 6.07) is 5.41. The number of guanidine groups is 1. The van der Waals surface area contributed by atoms with Gasteiger partial charge in [-0.05, 0) is 50.2 Å². The molecule has 3 rings (SSSR count). The van der Waals surface area contributed by atoms with E-state index in [2.05, 4.69) is 4.99 Å². The molecule has 2 aliphatic rings. The molecule has 1 amide bonds. The molecule has 0 saturated carbocycles. The van der Waals surface area contributed by atoms with Crippen molar-refractivity contribution in [3.63, 3.8) is 0 Å². The molecule has 1 fully saturated rings. The van der Waals surface area contributed by atoms with Crippen molar-refractivity contribution in [2.75, 3.05) is 19.6 Å². The first-order chi connectivity index (χ1) is 13.5. The van der Waals surface area contributed by atoms with E-state index in [1.807, 2.05) is 20.8 Å². The van der Waals surface area contributed by atoms with Crippen molar-refractivity contribution in [1.29, 1.82) is 0 Å². The van der Waals surface area contributed by atoms with Crippen molar-refractivity contribution >= 4 is 21.9 Å². The van der Waals surface area contributed by atoms with Crippen LogP contribution in [0.4, 0.5) is 4.39 Å². The van der Waals surface area contributed by atoms with Gasteiger partial charge in [-0.2, -0.15) is 4.31 Å². The van der Waals surface area contributed by atoms with Crippen molar-refractivity contribution in [3.8, 4) is 0 Å². The molecule has 1 atom stereocenters. The zero-order chi connectivity index (χ0) is 21.4. The molecule has 2 heterocycles. The van der Waals surface area contributed by atoms with Crippen LogP contribution < -0.4 is 5.73 Å². The Morgan fingerprint density at radius 1 is 1.28 bits per heavy atom. The van der Waals surface area contributed by atoms with Crippen LogP contribution in [0.1, 0.15) is 40.0 Å². The molecule has 0 aliphatic carbocycles. The average Bonchev–Trinajstić information content (AvgIpc) is 2.84. The predicted molar refractivity (Wildman–Crippen MR) is 109 cm³/mol. The third-order valence-corrected chi connectivity index (χ3v) is 7.55. The Kier molecular flexibility index (Phi) is 6.01. The van der Waals surface area contributed by atoms with Gasteiger partial charge in [0.05, 0.1) is 0 Å². The Morgan fingerprint density at radius 3 is 2.48 bits per heavy atom. The normalized spacial score (nSPS) is 24.4. The molecule has 1 aromatic carbocycles. The molecule has 0 radical (unpaired) electrons. The van der Waals surface area contributed by atoms with Gasteiger partial charge in [0.1, 0.15) is 16.3 Å². The molecule has 160 valence electrons. The first kappa shape index (κ1) is 21.7. The standard InChI is InChI=1S/C20H29FN4O3S/c1-14(2)12-20(3)18(26)25(19(22)23-20)13-15-8-10-24(11-9-15)29(27,28)17-7-5-4-6-16(17)21/h4-7,14-15H,8-13H2,1-3H3,(H2,22,23). The van der Waals surface area contributed by atoms with E-state index in [4.69, 9.17) is 5.73 Å². The van der Waals surface area contributed by atoms with Crippen molar-refractivity contribution in [2.24, 2.45) is 22.6 Å². The summed E-state index contributed by atoms with van der Waals surface area (Å²) < 4.78 is 40.7. The van der Waals surface area contributed by atoms with Gasteiger partial charge in [0.15, 0.2) is 5.96 Å². The summed E-state index contributed by atoms with van der Waals surface area (Å²) in [5.41, 5.74) is 5.21. The highest BCUT2D eigenvalue weighted by molar-refractivity contribution is 7.89. The van der Waals surface area contributed by atoms with Crippen LogP contribution in [0.2, 0.25) is 0 Å². The lowest BCUT2D eigenvalue weighted by Crippen LogP contribution is -2.47. The number of halogens is 1. The fraction of sp³-hybridized carbons (Fsp3) is 0.600. The van der Waals surface area contributed by atoms with Crippen LogP contribution in [0.5, 0.6) is 0 Å². The number of carbonyl (C=O) groups excluding carboxylic acids is 1. The molecular weight excluding hydrogens is 395 g/mol. The summed E-state index contributed by atoms with van der Waals surface area (Å²) in [5, 5.41) is 0. The fourth-order valence-electron chi connectivity index (χ4n) is 4.24. The van der Waals surface area contributed by atoms with Crippen LogP contribution >= 0.6 is 0 Å². The summed E-state index contributed by atoms with van der Waals surface area (Å²) in [5.74, 6) is -0.177. The van der Waals surface area contributed by atoms with E-state index in [1.165, 1.54) is 27.4 Å². The van der Waals surface area contributed by atoms with Gasteiger partial charge in [-0.15, -0.1) is 0 Å². The van der Waals surface area contributed by atoms with Gasteiger partial charge in [-0.1, -0.05) is 26.0 Å². The zero-order valence-electron chi connectivity index (χ0n) is 17.1. The van der Waals surface area contributed by atoms with Crippen molar-refractivity contribution in [2.45, 2.75) is 50.5 Å². The number of amides is 1. The average molecular weight is 425 g/mol. The van der Waals surface area contributed by atoms with Crippen LogP contribution in [-0.2, 0) is 14.8 Å². The van der Waals surface area contributed by atoms with Crippen LogP contribution in [0.15, 0.2) is 34.2 Å². The maximum absolute atomic E-state index is 14.0. The SMILES string of the molecule is CC(C)CC1(C)N=C(N)N(CC2CCN(S(=O)(=O)c3ccccc3F)CC2)C1=O. The third-order valence-electron chi connectivity index (χ3n) is 5.62. The number of carbonyl (C=O) groups is 1. The molecule has 0 bridgehead atoms. The third kappa shape index (κ3) is 4.30. The van der Waals surface area contributed by atoms with Gasteiger partial charge in [0, 0.05) is 19.6 Å². The second-order valence-electron chi connectivity index (χ2n) is 8.54. The molecule has 1 saturated heterocycles. The Labute approximate surface area is 171 Å². The minimum atomic E-state index is -3.87. The fourth-order valence-corrected chi connectivity index (χ4v) is 5.78. The van der Waals surface area contributed by atoms with E-state index in [9.17, 15) is 17.6 Å². The first-order valence-electron chi connectivity index (χ1n) is 9.96. The second kappa shape index (κ2) is 8.02. The number of rotatable bonds is 6. The highest BCUT2D eigenvalue weighted by Crippen LogP contribution is 2.31. The van der Waals surface area contributed by atoms with Gasteiger partial charge in [-0.25, -0.2) is 17.8 Å². The smallest absolute Gasteiger partial charge is 0.257 e. The Bertz CT molecular complexity index is 910. The summed E-state index contributed by atoms with van der Waals surface area (Å²) in [6.07, 6.45) is 1.78. The summed E-state index contributed by atoms with van der Waals surface area (Å²) in [4.78, 5) is 18.5. The van der Waals surface area contributed by atoms with Gasteiger partial charge in [0.25, 0.3) is 5.91 Å². The highest BCUT2D eigenvalue weighted by Gasteiger charge is 2.45. The van der Waals surface area contributed by atoms with Crippen molar-refractivity contribution in [1.82, 2.24) is 9.21 Å². The highest BCUT2D eigenvalue weighted by atomic mass is 32.2. The summed E-state index contributed by atoms with van der Waals surface area (Å²) in [6.45, 7) is 6.88. The van der Waals surface area contributed by atoms with E-state index >= 15 is 0 Å². The van der Waals surface area contributed by atoms with E-state index in [1.54, 1.807) is 0 Å². The number of hydrogen-bond acceptors (Lipinski definition) is 5. The number of benzene rings is 1. The molecule has 7 nitrogen and oxygen atoms in total. The van der Waals surface area contributed by atoms with E-state index < -0.39 is 21.4 Å². The number of nitrogens with two attached hydrogens (primary N) is 1. The van der Waals surface area contributed by atoms with E-state index in [-0.39, 0.29) is 35.8 Å². The molecular formula is C20H29FN4O3S. The first-order valence-corrected chi connectivity index (χ1v) is 11.4. The minimum absolute atomic E-state index is 0.0925. The largest absolute Gasteiger partial charge is 0.369 e. The molecule has 0 spiro atoms. The van der Waals surface area contributed by atoms with E-state index in [0.717, 1.165) is 6.07 Å². The number of aliphatic imine (C=N–C) groups is 1. The molecule has 0 aromatic heterocycles. The van der Waals surface area contributed by atoms with Gasteiger partial charge >= 0.3 is 0 Å². The lowest BCUT2D eigenvalue weighted by Gasteiger charge is -2.33. The van der Waals surface area contributed by atoms with Crippen LogP contribution in [0.3, 0.4) is 0 Å². The maximum atomic E-state index is 14.0. The monoisotopic (exact) mass is 424 g/mol. The van der Waals surface area contributed by atoms with Crippen molar-refractivity contribution < 1.29 is 17.6 Å². The van der Waals surface area contributed by atoms with Crippen LogP contribution in [-0.4, -0.2) is 54.7 Å². The Morgan fingerprint density at radius 2 is 1.90 bits per heavy atom. The Hall–Kier alpha value is -2.00. The van der Waals surface area contributed by atoms with Gasteiger partial charge in [0.2, 0.25) is 10.0 Å². The topological polar surface area (TPSA) is 96.1 Å². The molecule has 9 heteroatoms. The molecule has 29 heavy (non-hydrogen) atoms. The molecule has 2 N–H and O–H groups in total. The molecule has 2 aliphatic heterocycles. The second-order valence-corrected chi connectivity index (χ2v) is 10.4. The number of hydrogen-bond donors (Lipinski definition) is 1. The summed E-state index contributed by atoms with van der Waals surface area (Å²) in [7, 11) is -3.87. The van der Waals surface area contributed by atoms with Crippen LogP contribution in [0, 0.1) is 17.7 Å². The molecule has 1 aromatic rings. The van der Waals surface area contributed by atoms with Crippen molar-refractivity contribution in [3.05, 3.63) is 30.1 Å². The lowest BCUT2D eigenvalue weighted by atomic mass is 9.90. The Balaban J connectivity index is 1.63. The maximum Gasteiger partial charge on any atom is 0.257 e. The number of nitrogens with zero attached hydrogens (tertiary/aromatic N) is 3. The summed E-state index contributed by atoms with van der Waals surface area (Å²) >= 11 is 0. The minimum Gasteiger partial charge on any atom is -0.369 e. The van der Waals surface area contributed by atoms with E-state index in [0.29, 0.717) is 31.7 Å². The quantitative estimate of drug-likeness (QED) is 0.757. The molecule has 1 unspecified atom stereocenters.